The van der Waals surface area contributed by atoms with Crippen molar-refractivity contribution in [3.05, 3.63) is 0 Å². The number of carbonyl (C=O) groups excluding carboxylic acids is 1. The number of ether oxygens (including phenoxy) is 3. The molecule has 106 valence electrons. The third-order valence-electron chi connectivity index (χ3n) is 5.67. The molecule has 2 saturated heterocycles. The van der Waals surface area contributed by atoms with Crippen molar-refractivity contribution in [2.45, 2.75) is 70.1 Å². The molecule has 4 heteroatoms. The molecule has 4 rings (SSSR count). The van der Waals surface area contributed by atoms with Gasteiger partial charge in [0.15, 0.2) is 0 Å². The Balaban J connectivity index is 1.40. The predicted molar refractivity (Wildman–Crippen MR) is 67.0 cm³/mol. The van der Waals surface area contributed by atoms with E-state index in [-0.39, 0.29) is 29.7 Å². The van der Waals surface area contributed by atoms with Gasteiger partial charge in [-0.25, -0.2) is 0 Å². The first kappa shape index (κ1) is 12.2. The Morgan fingerprint density at radius 2 is 1.89 bits per heavy atom. The molecular formula is C15H22O4. The average molecular weight is 266 g/mol. The van der Waals surface area contributed by atoms with Crippen LogP contribution in [0.25, 0.3) is 0 Å². The fraction of sp³-hybridized carbons (Fsp3) is 0.933. The Bertz CT molecular complexity index is 412. The highest BCUT2D eigenvalue weighted by atomic mass is 17.0. The van der Waals surface area contributed by atoms with Gasteiger partial charge in [0.25, 0.3) is 0 Å². The van der Waals surface area contributed by atoms with Gasteiger partial charge in [0, 0.05) is 12.3 Å². The fourth-order valence-electron chi connectivity index (χ4n) is 4.13. The summed E-state index contributed by atoms with van der Waals surface area (Å²) >= 11 is 0. The molecule has 0 N–H and O–H groups in total. The van der Waals surface area contributed by atoms with Crippen LogP contribution in [0.5, 0.6) is 0 Å². The maximum absolute atomic E-state index is 12.4. The first-order valence-electron chi connectivity index (χ1n) is 7.69. The maximum atomic E-state index is 12.4. The summed E-state index contributed by atoms with van der Waals surface area (Å²) in [4.78, 5) is 12.4. The van der Waals surface area contributed by atoms with Crippen molar-refractivity contribution < 1.29 is 19.0 Å². The lowest BCUT2D eigenvalue weighted by atomic mass is 9.80. The lowest BCUT2D eigenvalue weighted by molar-refractivity contribution is -0.164. The standard InChI is InChI=1S/C15H22O4/c1-9-5-3-4-6-12(9)17-13(16)11-7-8-14-15(18-14,19-14)10(11)2/h9-12H,3-8H2,1-2H3. The van der Waals surface area contributed by atoms with Crippen LogP contribution in [0.2, 0.25) is 0 Å². The van der Waals surface area contributed by atoms with Crippen LogP contribution in [-0.2, 0) is 19.0 Å². The summed E-state index contributed by atoms with van der Waals surface area (Å²) in [5.74, 6) is -0.141. The van der Waals surface area contributed by atoms with Crippen LogP contribution in [0.3, 0.4) is 0 Å². The summed E-state index contributed by atoms with van der Waals surface area (Å²) in [6, 6.07) is 0. The number of carbonyl (C=O) groups is 1. The number of hydrogen-bond acceptors (Lipinski definition) is 4. The van der Waals surface area contributed by atoms with Crippen LogP contribution in [0.4, 0.5) is 0 Å². The number of rotatable bonds is 2. The van der Waals surface area contributed by atoms with Gasteiger partial charge in [-0.1, -0.05) is 20.3 Å². The van der Waals surface area contributed by atoms with E-state index in [1.54, 1.807) is 0 Å². The zero-order valence-electron chi connectivity index (χ0n) is 11.7. The summed E-state index contributed by atoms with van der Waals surface area (Å²) in [6.07, 6.45) is 6.45. The molecule has 4 unspecified atom stereocenters. The maximum Gasteiger partial charge on any atom is 0.309 e. The van der Waals surface area contributed by atoms with E-state index in [1.165, 1.54) is 19.3 Å². The molecular weight excluding hydrogens is 244 g/mol. The molecule has 2 heterocycles. The molecule has 2 aliphatic heterocycles. The summed E-state index contributed by atoms with van der Waals surface area (Å²) in [6.45, 7) is 4.25. The van der Waals surface area contributed by atoms with E-state index in [2.05, 4.69) is 13.8 Å². The second-order valence-corrected chi connectivity index (χ2v) is 6.80. The number of epoxide rings is 2. The molecule has 4 aliphatic rings. The molecule has 4 nitrogen and oxygen atoms in total. The van der Waals surface area contributed by atoms with Gasteiger partial charge in [-0.2, -0.15) is 0 Å². The van der Waals surface area contributed by atoms with Crippen LogP contribution in [-0.4, -0.2) is 23.6 Å². The molecule has 2 saturated carbocycles. The van der Waals surface area contributed by atoms with Gasteiger partial charge in [0.2, 0.25) is 11.6 Å². The van der Waals surface area contributed by atoms with Gasteiger partial charge >= 0.3 is 5.97 Å². The molecule has 0 aromatic carbocycles. The quantitative estimate of drug-likeness (QED) is 0.569. The number of esters is 1. The Kier molecular flexibility index (Phi) is 2.39. The Hall–Kier alpha value is -0.610. The van der Waals surface area contributed by atoms with Gasteiger partial charge in [-0.3, -0.25) is 4.79 Å². The zero-order valence-corrected chi connectivity index (χ0v) is 11.7. The SMILES string of the molecule is CC1CCCCC1OC(=O)C1CCC23OC2(O3)C1C. The minimum Gasteiger partial charge on any atom is -0.462 e. The highest BCUT2D eigenvalue weighted by Gasteiger charge is 2.94. The third kappa shape index (κ3) is 1.56. The lowest BCUT2D eigenvalue weighted by Gasteiger charge is -2.31. The topological polar surface area (TPSA) is 51.4 Å². The van der Waals surface area contributed by atoms with Gasteiger partial charge in [0.1, 0.15) is 6.10 Å². The lowest BCUT2D eigenvalue weighted by Crippen LogP contribution is -2.37. The van der Waals surface area contributed by atoms with Gasteiger partial charge in [-0.05, 0) is 31.6 Å². The first-order chi connectivity index (χ1) is 9.08. The molecule has 0 radical (unpaired) electrons. The molecule has 0 spiro atoms. The van der Waals surface area contributed by atoms with Gasteiger partial charge in [-0.15, -0.1) is 0 Å². The van der Waals surface area contributed by atoms with Crippen LogP contribution < -0.4 is 0 Å². The molecule has 2 aliphatic carbocycles. The van der Waals surface area contributed by atoms with Crippen molar-refractivity contribution in [1.82, 2.24) is 0 Å². The van der Waals surface area contributed by atoms with E-state index in [4.69, 9.17) is 14.2 Å². The summed E-state index contributed by atoms with van der Waals surface area (Å²) in [5, 5.41) is 0. The zero-order chi connectivity index (χ0) is 13.3. The Labute approximate surface area is 113 Å². The van der Waals surface area contributed by atoms with E-state index < -0.39 is 5.79 Å². The van der Waals surface area contributed by atoms with Gasteiger partial charge in [0.05, 0.1) is 5.92 Å². The monoisotopic (exact) mass is 266 g/mol. The molecule has 0 amide bonds. The van der Waals surface area contributed by atoms with Crippen LogP contribution >= 0.6 is 0 Å². The third-order valence-corrected chi connectivity index (χ3v) is 5.67. The Morgan fingerprint density at radius 1 is 1.16 bits per heavy atom. The van der Waals surface area contributed by atoms with Crippen LogP contribution in [0.15, 0.2) is 0 Å². The molecule has 0 bridgehead atoms. The van der Waals surface area contributed by atoms with E-state index >= 15 is 0 Å². The van der Waals surface area contributed by atoms with E-state index in [0.717, 1.165) is 19.3 Å². The van der Waals surface area contributed by atoms with E-state index in [0.29, 0.717) is 5.92 Å². The minimum atomic E-state index is -0.410. The summed E-state index contributed by atoms with van der Waals surface area (Å²) < 4.78 is 17.0. The van der Waals surface area contributed by atoms with Crippen molar-refractivity contribution in [3.63, 3.8) is 0 Å². The second kappa shape index (κ2) is 3.73. The molecule has 0 aromatic rings. The van der Waals surface area contributed by atoms with Crippen molar-refractivity contribution in [3.8, 4) is 0 Å². The van der Waals surface area contributed by atoms with E-state index in [1.807, 2.05) is 0 Å². The Morgan fingerprint density at radius 3 is 2.63 bits per heavy atom. The molecule has 0 aromatic heterocycles. The van der Waals surface area contributed by atoms with Gasteiger partial charge < -0.3 is 14.2 Å². The van der Waals surface area contributed by atoms with Crippen molar-refractivity contribution in [1.29, 1.82) is 0 Å². The molecule has 4 atom stereocenters. The molecule has 4 fully saturated rings. The molecule has 19 heavy (non-hydrogen) atoms. The number of hydrogen-bond donors (Lipinski definition) is 0. The fourth-order valence-corrected chi connectivity index (χ4v) is 4.13. The largest absolute Gasteiger partial charge is 0.462 e. The minimum absolute atomic E-state index is 0.0276. The summed E-state index contributed by atoms with van der Waals surface area (Å²) in [5.41, 5.74) is 0. The predicted octanol–water partition coefficient (Wildman–Crippen LogP) is 2.61. The normalized spacial score (nSPS) is 54.8. The van der Waals surface area contributed by atoms with E-state index in [9.17, 15) is 4.79 Å². The highest BCUT2D eigenvalue weighted by Crippen LogP contribution is 2.77. The van der Waals surface area contributed by atoms with Crippen LogP contribution in [0.1, 0.15) is 52.4 Å². The smallest absolute Gasteiger partial charge is 0.309 e. The van der Waals surface area contributed by atoms with Crippen molar-refractivity contribution in [2.75, 3.05) is 0 Å². The van der Waals surface area contributed by atoms with Crippen molar-refractivity contribution >= 4 is 5.97 Å². The average Bonchev–Trinajstić information content (AvgIpc) is 3.19. The first-order valence-corrected chi connectivity index (χ1v) is 7.69. The second-order valence-electron chi connectivity index (χ2n) is 6.80. The van der Waals surface area contributed by atoms with Crippen LogP contribution in [0, 0.1) is 17.8 Å². The summed E-state index contributed by atoms with van der Waals surface area (Å²) in [7, 11) is 0. The highest BCUT2D eigenvalue weighted by molar-refractivity contribution is 5.74. The van der Waals surface area contributed by atoms with Crippen molar-refractivity contribution in [2.24, 2.45) is 17.8 Å².